The topological polar surface area (TPSA) is 74.3 Å². The van der Waals surface area contributed by atoms with Crippen molar-refractivity contribution in [3.8, 4) is 5.75 Å². The highest BCUT2D eigenvalue weighted by atomic mass is 16.5. The van der Waals surface area contributed by atoms with Gasteiger partial charge in [0.05, 0.1) is 12.7 Å². The van der Waals surface area contributed by atoms with Gasteiger partial charge >= 0.3 is 0 Å². The van der Waals surface area contributed by atoms with Crippen LogP contribution in [0.1, 0.15) is 11.1 Å². The van der Waals surface area contributed by atoms with Gasteiger partial charge < -0.3 is 20.6 Å². The second-order valence-electron chi connectivity index (χ2n) is 5.10. The number of amidine groups is 1. The molecule has 2 rings (SSSR count). The van der Waals surface area contributed by atoms with E-state index >= 15 is 0 Å². The van der Waals surface area contributed by atoms with Crippen LogP contribution >= 0.6 is 0 Å². The molecule has 0 atom stereocenters. The number of nitrogens with zero attached hydrogens (tertiary/aromatic N) is 3. The van der Waals surface area contributed by atoms with Gasteiger partial charge in [0.25, 0.3) is 0 Å². The summed E-state index contributed by atoms with van der Waals surface area (Å²) in [6.45, 7) is 5.22. The Morgan fingerprint density at radius 3 is 2.65 bits per heavy atom. The summed E-state index contributed by atoms with van der Waals surface area (Å²) in [5.74, 6) is 0.694. The van der Waals surface area contributed by atoms with Crippen LogP contribution in [0.25, 0.3) is 0 Å². The molecule has 0 bridgehead atoms. The van der Waals surface area contributed by atoms with Gasteiger partial charge in [-0.05, 0) is 24.7 Å². The third-order valence-electron chi connectivity index (χ3n) is 3.65. The number of hydrogen-bond acceptors (Lipinski definition) is 5. The normalized spacial score (nSPS) is 18.2. The number of oxime groups is 1. The number of benzene rings is 1. The monoisotopic (exact) mass is 278 g/mol. The fourth-order valence-electron chi connectivity index (χ4n) is 2.36. The van der Waals surface area contributed by atoms with E-state index < -0.39 is 0 Å². The van der Waals surface area contributed by atoms with E-state index in [4.69, 9.17) is 15.7 Å². The quantitative estimate of drug-likeness (QED) is 0.364. The Bertz CT molecular complexity index is 482. The highest BCUT2D eigenvalue weighted by Gasteiger charge is 2.15. The molecular formula is C14H22N4O2. The summed E-state index contributed by atoms with van der Waals surface area (Å²) in [7, 11) is 3.73. The molecule has 1 saturated heterocycles. The average Bonchev–Trinajstić information content (AvgIpc) is 2.48. The molecule has 0 radical (unpaired) electrons. The van der Waals surface area contributed by atoms with Gasteiger partial charge in [0.1, 0.15) is 5.75 Å². The van der Waals surface area contributed by atoms with Crippen molar-refractivity contribution in [2.24, 2.45) is 10.9 Å². The second-order valence-corrected chi connectivity index (χ2v) is 5.10. The molecule has 0 aliphatic carbocycles. The van der Waals surface area contributed by atoms with Crippen LogP contribution in [0.15, 0.2) is 23.4 Å². The Labute approximate surface area is 119 Å². The summed E-state index contributed by atoms with van der Waals surface area (Å²) in [5, 5.41) is 11.8. The summed E-state index contributed by atoms with van der Waals surface area (Å²) >= 11 is 0. The Balaban J connectivity index is 2.10. The minimum absolute atomic E-state index is 0.0630. The molecule has 0 saturated carbocycles. The first-order valence-electron chi connectivity index (χ1n) is 6.69. The molecule has 0 amide bonds. The minimum Gasteiger partial charge on any atom is -0.496 e. The Morgan fingerprint density at radius 2 is 2.05 bits per heavy atom. The lowest BCUT2D eigenvalue weighted by molar-refractivity contribution is 0.148. The van der Waals surface area contributed by atoms with Crippen molar-refractivity contribution in [1.82, 2.24) is 9.80 Å². The number of rotatable bonds is 4. The second kappa shape index (κ2) is 6.58. The molecule has 1 aliphatic heterocycles. The van der Waals surface area contributed by atoms with Gasteiger partial charge in [0, 0.05) is 32.7 Å². The maximum atomic E-state index is 8.76. The zero-order valence-corrected chi connectivity index (χ0v) is 12.0. The van der Waals surface area contributed by atoms with Crippen molar-refractivity contribution >= 4 is 5.84 Å². The lowest BCUT2D eigenvalue weighted by Gasteiger charge is -2.32. The zero-order chi connectivity index (χ0) is 14.5. The summed E-state index contributed by atoms with van der Waals surface area (Å²) in [6.07, 6.45) is 0. The number of nitrogens with two attached hydrogens (primary N) is 1. The molecule has 20 heavy (non-hydrogen) atoms. The molecule has 110 valence electrons. The van der Waals surface area contributed by atoms with Crippen LogP contribution in [0, 0.1) is 0 Å². The Hall–Kier alpha value is -1.79. The van der Waals surface area contributed by atoms with Crippen molar-refractivity contribution in [2.75, 3.05) is 40.3 Å². The van der Waals surface area contributed by atoms with Gasteiger partial charge in [-0.3, -0.25) is 4.90 Å². The molecule has 0 unspecified atom stereocenters. The summed E-state index contributed by atoms with van der Waals surface area (Å²) in [6, 6.07) is 5.78. The van der Waals surface area contributed by atoms with Crippen LogP contribution in [0.2, 0.25) is 0 Å². The van der Waals surface area contributed by atoms with Crippen LogP contribution in [0.4, 0.5) is 0 Å². The van der Waals surface area contributed by atoms with Crippen LogP contribution in [-0.4, -0.2) is 61.2 Å². The first-order valence-corrected chi connectivity index (χ1v) is 6.69. The van der Waals surface area contributed by atoms with E-state index in [1.165, 1.54) is 5.56 Å². The average molecular weight is 278 g/mol. The SMILES string of the molecule is COc1cc(CN2CCN(C)CC2)ccc1/C(N)=N/O. The third-order valence-corrected chi connectivity index (χ3v) is 3.65. The lowest BCUT2D eigenvalue weighted by atomic mass is 10.1. The standard InChI is InChI=1S/C14H22N4O2/c1-17-5-7-18(8-6-17)10-11-3-4-12(14(15)16-19)13(9-11)20-2/h3-4,9,19H,5-8,10H2,1-2H3,(H2,15,16). The first kappa shape index (κ1) is 14.6. The molecule has 1 aromatic carbocycles. The maximum absolute atomic E-state index is 8.76. The van der Waals surface area contributed by atoms with Gasteiger partial charge in [-0.2, -0.15) is 0 Å². The number of hydrogen-bond donors (Lipinski definition) is 2. The van der Waals surface area contributed by atoms with Crippen molar-refractivity contribution in [2.45, 2.75) is 6.54 Å². The van der Waals surface area contributed by atoms with Crippen molar-refractivity contribution in [3.05, 3.63) is 29.3 Å². The molecule has 6 nitrogen and oxygen atoms in total. The van der Waals surface area contributed by atoms with E-state index in [1.807, 2.05) is 18.2 Å². The number of piperazine rings is 1. The van der Waals surface area contributed by atoms with E-state index in [1.54, 1.807) is 7.11 Å². The van der Waals surface area contributed by atoms with Crippen molar-refractivity contribution < 1.29 is 9.94 Å². The summed E-state index contributed by atoms with van der Waals surface area (Å²) in [4.78, 5) is 4.75. The minimum atomic E-state index is 0.0630. The molecule has 1 aliphatic rings. The molecule has 1 fully saturated rings. The first-order chi connectivity index (χ1) is 9.63. The van der Waals surface area contributed by atoms with Gasteiger partial charge in [-0.15, -0.1) is 0 Å². The molecule has 3 N–H and O–H groups in total. The molecule has 1 heterocycles. The van der Waals surface area contributed by atoms with Crippen LogP contribution in [-0.2, 0) is 6.54 Å². The molecule has 0 aromatic heterocycles. The fourth-order valence-corrected chi connectivity index (χ4v) is 2.36. The van der Waals surface area contributed by atoms with E-state index in [0.717, 1.165) is 32.7 Å². The van der Waals surface area contributed by atoms with Crippen LogP contribution in [0.3, 0.4) is 0 Å². The summed E-state index contributed by atoms with van der Waals surface area (Å²) in [5.41, 5.74) is 7.40. The van der Waals surface area contributed by atoms with Gasteiger partial charge in [0.15, 0.2) is 5.84 Å². The van der Waals surface area contributed by atoms with Crippen LogP contribution in [0.5, 0.6) is 5.75 Å². The number of likely N-dealkylation sites (N-methyl/N-ethyl adjacent to an activating group) is 1. The van der Waals surface area contributed by atoms with E-state index in [9.17, 15) is 0 Å². The highest BCUT2D eigenvalue weighted by Crippen LogP contribution is 2.21. The van der Waals surface area contributed by atoms with E-state index in [0.29, 0.717) is 11.3 Å². The predicted molar refractivity (Wildman–Crippen MR) is 78.3 cm³/mol. The molecule has 1 aromatic rings. The van der Waals surface area contributed by atoms with Gasteiger partial charge in [-0.25, -0.2) is 0 Å². The molecule has 6 heteroatoms. The lowest BCUT2D eigenvalue weighted by Crippen LogP contribution is -2.43. The van der Waals surface area contributed by atoms with E-state index in [-0.39, 0.29) is 5.84 Å². The fraction of sp³-hybridized carbons (Fsp3) is 0.500. The van der Waals surface area contributed by atoms with Gasteiger partial charge in [0.2, 0.25) is 0 Å². The number of methoxy groups -OCH3 is 1. The Kier molecular flexibility index (Phi) is 4.81. The van der Waals surface area contributed by atoms with E-state index in [2.05, 4.69) is 22.0 Å². The third kappa shape index (κ3) is 3.40. The predicted octanol–water partition coefficient (Wildman–Crippen LogP) is 0.537. The van der Waals surface area contributed by atoms with Crippen molar-refractivity contribution in [1.29, 1.82) is 0 Å². The largest absolute Gasteiger partial charge is 0.496 e. The Morgan fingerprint density at radius 1 is 1.35 bits per heavy atom. The smallest absolute Gasteiger partial charge is 0.173 e. The van der Waals surface area contributed by atoms with Crippen LogP contribution < -0.4 is 10.5 Å². The number of ether oxygens (including phenoxy) is 1. The molecular weight excluding hydrogens is 256 g/mol. The zero-order valence-electron chi connectivity index (χ0n) is 12.0. The highest BCUT2D eigenvalue weighted by molar-refractivity contribution is 5.99. The molecule has 0 spiro atoms. The maximum Gasteiger partial charge on any atom is 0.173 e. The van der Waals surface area contributed by atoms with Crippen molar-refractivity contribution in [3.63, 3.8) is 0 Å². The summed E-state index contributed by atoms with van der Waals surface area (Å²) < 4.78 is 5.32. The van der Waals surface area contributed by atoms with Gasteiger partial charge in [-0.1, -0.05) is 11.2 Å².